The summed E-state index contributed by atoms with van der Waals surface area (Å²) in [5, 5.41) is 0.784. The molecule has 1 aliphatic heterocycles. The lowest BCUT2D eigenvalue weighted by atomic mass is 10.1. The molecule has 158 valence electrons. The number of hydrogen-bond donors (Lipinski definition) is 0. The Bertz CT molecular complexity index is 1010. The third-order valence-corrected chi connectivity index (χ3v) is 5.34. The molecule has 0 atom stereocenters. The van der Waals surface area contributed by atoms with Crippen molar-refractivity contribution in [3.8, 4) is 11.5 Å². The van der Waals surface area contributed by atoms with E-state index in [-0.39, 0.29) is 18.3 Å². The van der Waals surface area contributed by atoms with Gasteiger partial charge in [-0.15, -0.1) is 0 Å². The van der Waals surface area contributed by atoms with Crippen LogP contribution < -0.4 is 9.47 Å². The lowest BCUT2D eigenvalue weighted by Crippen LogP contribution is -2.30. The molecule has 1 fully saturated rings. The molecule has 5 nitrogen and oxygen atoms in total. The fourth-order valence-electron chi connectivity index (χ4n) is 3.10. The highest BCUT2D eigenvalue weighted by atomic mass is 35.5. The van der Waals surface area contributed by atoms with Gasteiger partial charge in [0.25, 0.3) is 5.91 Å². The zero-order chi connectivity index (χ0) is 21.8. The van der Waals surface area contributed by atoms with Gasteiger partial charge in [0.2, 0.25) is 0 Å². The standard InChI is InChI=1S/C22H22ClFN2O3S/c1-4-26-21(27)18(25(3)22(26)30)11-15-10-17(23)20(19(12-15)28-5-2)29-13-14-7-6-8-16(24)9-14/h6-12H,4-5,13H2,1-3H3/b18-11-. The minimum absolute atomic E-state index is 0.138. The summed E-state index contributed by atoms with van der Waals surface area (Å²) in [6.07, 6.45) is 1.72. The van der Waals surface area contributed by atoms with E-state index in [4.69, 9.17) is 33.3 Å². The maximum Gasteiger partial charge on any atom is 0.276 e. The summed E-state index contributed by atoms with van der Waals surface area (Å²) in [4.78, 5) is 15.8. The summed E-state index contributed by atoms with van der Waals surface area (Å²) < 4.78 is 24.9. The summed E-state index contributed by atoms with van der Waals surface area (Å²) in [5.41, 5.74) is 1.80. The summed E-state index contributed by atoms with van der Waals surface area (Å²) in [7, 11) is 1.75. The number of nitrogens with zero attached hydrogens (tertiary/aromatic N) is 2. The summed E-state index contributed by atoms with van der Waals surface area (Å²) in [6, 6.07) is 9.60. The predicted octanol–water partition coefficient (Wildman–Crippen LogP) is 4.88. The van der Waals surface area contributed by atoms with E-state index in [0.29, 0.717) is 51.6 Å². The highest BCUT2D eigenvalue weighted by Crippen LogP contribution is 2.38. The molecule has 1 saturated heterocycles. The average Bonchev–Trinajstić information content (AvgIpc) is 2.90. The van der Waals surface area contributed by atoms with Gasteiger partial charge < -0.3 is 14.4 Å². The van der Waals surface area contributed by atoms with Gasteiger partial charge in [-0.3, -0.25) is 9.69 Å². The van der Waals surface area contributed by atoms with E-state index < -0.39 is 0 Å². The first-order valence-corrected chi connectivity index (χ1v) is 10.3. The first-order valence-electron chi connectivity index (χ1n) is 9.50. The van der Waals surface area contributed by atoms with Crippen LogP contribution in [0.3, 0.4) is 0 Å². The SMILES string of the molecule is CCOc1cc(/C=C2/C(=O)N(CC)C(=S)N2C)cc(Cl)c1OCc1cccc(F)c1. The summed E-state index contributed by atoms with van der Waals surface area (Å²) in [6.45, 7) is 4.76. The maximum atomic E-state index is 13.4. The smallest absolute Gasteiger partial charge is 0.276 e. The van der Waals surface area contributed by atoms with Crippen molar-refractivity contribution < 1.29 is 18.7 Å². The van der Waals surface area contributed by atoms with Crippen LogP contribution in [0.15, 0.2) is 42.1 Å². The highest BCUT2D eigenvalue weighted by molar-refractivity contribution is 7.80. The van der Waals surface area contributed by atoms with Crippen LogP contribution in [0.5, 0.6) is 11.5 Å². The Morgan fingerprint density at radius 2 is 1.97 bits per heavy atom. The molecule has 8 heteroatoms. The lowest BCUT2D eigenvalue weighted by molar-refractivity contribution is -0.122. The fourth-order valence-corrected chi connectivity index (χ4v) is 3.69. The van der Waals surface area contributed by atoms with Crippen LogP contribution in [-0.2, 0) is 11.4 Å². The molecule has 0 saturated carbocycles. The Morgan fingerprint density at radius 3 is 2.60 bits per heavy atom. The predicted molar refractivity (Wildman–Crippen MR) is 119 cm³/mol. The molecule has 2 aromatic carbocycles. The molecule has 1 aliphatic rings. The van der Waals surface area contributed by atoms with Crippen LogP contribution in [0.2, 0.25) is 5.02 Å². The zero-order valence-electron chi connectivity index (χ0n) is 16.9. The summed E-state index contributed by atoms with van der Waals surface area (Å²) in [5.74, 6) is 0.308. The topological polar surface area (TPSA) is 42.0 Å². The second kappa shape index (κ2) is 9.45. The van der Waals surface area contributed by atoms with Crippen LogP contribution >= 0.6 is 23.8 Å². The van der Waals surface area contributed by atoms with E-state index in [1.54, 1.807) is 42.3 Å². The number of thiocarbonyl (C=S) groups is 1. The summed E-state index contributed by atoms with van der Waals surface area (Å²) >= 11 is 11.8. The third kappa shape index (κ3) is 4.57. The van der Waals surface area contributed by atoms with E-state index in [9.17, 15) is 9.18 Å². The Hall–Kier alpha value is -2.64. The van der Waals surface area contributed by atoms with Gasteiger partial charge in [0.05, 0.1) is 11.6 Å². The second-order valence-corrected chi connectivity index (χ2v) is 7.37. The zero-order valence-corrected chi connectivity index (χ0v) is 18.5. The van der Waals surface area contributed by atoms with Crippen LogP contribution in [0.25, 0.3) is 6.08 Å². The fraction of sp³-hybridized carbons (Fsp3) is 0.273. The van der Waals surface area contributed by atoms with Crippen molar-refractivity contribution in [3.63, 3.8) is 0 Å². The van der Waals surface area contributed by atoms with E-state index in [1.165, 1.54) is 17.0 Å². The maximum absolute atomic E-state index is 13.4. The third-order valence-electron chi connectivity index (χ3n) is 4.57. The van der Waals surface area contributed by atoms with E-state index in [1.807, 2.05) is 13.8 Å². The molecule has 1 amide bonds. The Balaban J connectivity index is 1.91. The lowest BCUT2D eigenvalue weighted by Gasteiger charge is -2.15. The molecule has 1 heterocycles. The van der Waals surface area contributed by atoms with Gasteiger partial charge in [-0.2, -0.15) is 0 Å². The van der Waals surface area contributed by atoms with Crippen molar-refractivity contribution in [2.45, 2.75) is 20.5 Å². The molecule has 2 aromatic rings. The van der Waals surface area contributed by atoms with E-state index >= 15 is 0 Å². The number of hydrogen-bond acceptors (Lipinski definition) is 4. The number of likely N-dealkylation sites (N-methyl/N-ethyl adjacent to an activating group) is 2. The highest BCUT2D eigenvalue weighted by Gasteiger charge is 2.34. The monoisotopic (exact) mass is 448 g/mol. The second-order valence-electron chi connectivity index (χ2n) is 6.60. The van der Waals surface area contributed by atoms with Crippen molar-refractivity contribution in [1.29, 1.82) is 0 Å². The van der Waals surface area contributed by atoms with Crippen molar-refractivity contribution in [2.24, 2.45) is 0 Å². The quantitative estimate of drug-likeness (QED) is 0.446. The van der Waals surface area contributed by atoms with Crippen LogP contribution in [0.4, 0.5) is 4.39 Å². The Morgan fingerprint density at radius 1 is 1.20 bits per heavy atom. The minimum atomic E-state index is -0.335. The number of carbonyl (C=O) groups excluding carboxylic acids is 1. The van der Waals surface area contributed by atoms with Gasteiger partial charge in [-0.25, -0.2) is 4.39 Å². The molecule has 0 radical (unpaired) electrons. The molecule has 0 aromatic heterocycles. The number of benzene rings is 2. The van der Waals surface area contributed by atoms with Crippen molar-refractivity contribution in [2.75, 3.05) is 20.2 Å². The van der Waals surface area contributed by atoms with Crippen molar-refractivity contribution >= 4 is 40.9 Å². The molecular weight excluding hydrogens is 427 g/mol. The molecule has 0 N–H and O–H groups in total. The molecule has 0 unspecified atom stereocenters. The van der Waals surface area contributed by atoms with Crippen molar-refractivity contribution in [1.82, 2.24) is 9.80 Å². The van der Waals surface area contributed by atoms with Gasteiger partial charge in [0, 0.05) is 13.6 Å². The molecule has 0 aliphatic carbocycles. The van der Waals surface area contributed by atoms with Crippen LogP contribution in [0.1, 0.15) is 25.0 Å². The number of carbonyl (C=O) groups is 1. The number of halogens is 2. The van der Waals surface area contributed by atoms with Gasteiger partial charge in [0.1, 0.15) is 18.1 Å². The average molecular weight is 449 g/mol. The van der Waals surface area contributed by atoms with E-state index in [0.717, 1.165) is 0 Å². The first-order chi connectivity index (χ1) is 14.3. The molecule has 0 bridgehead atoms. The van der Waals surface area contributed by atoms with Gasteiger partial charge in [-0.1, -0.05) is 23.7 Å². The molecule has 0 spiro atoms. The van der Waals surface area contributed by atoms with E-state index in [2.05, 4.69) is 0 Å². The number of rotatable bonds is 7. The molecular formula is C22H22ClFN2O3S. The first kappa shape index (κ1) is 22.1. The van der Waals surface area contributed by atoms with Crippen molar-refractivity contribution in [3.05, 3.63) is 64.1 Å². The molecule has 30 heavy (non-hydrogen) atoms. The number of amides is 1. The Kier molecular flexibility index (Phi) is 6.95. The largest absolute Gasteiger partial charge is 0.490 e. The number of ether oxygens (including phenoxy) is 2. The molecule has 3 rings (SSSR count). The van der Waals surface area contributed by atoms with Gasteiger partial charge in [0.15, 0.2) is 16.6 Å². The minimum Gasteiger partial charge on any atom is -0.490 e. The Labute approximate surface area is 185 Å². The normalized spacial score (nSPS) is 15.3. The van der Waals surface area contributed by atoms with Crippen LogP contribution in [0, 0.1) is 5.82 Å². The van der Waals surface area contributed by atoms with Crippen LogP contribution in [-0.4, -0.2) is 41.0 Å². The van der Waals surface area contributed by atoms with Gasteiger partial charge in [-0.05, 0) is 67.5 Å². The van der Waals surface area contributed by atoms with Gasteiger partial charge >= 0.3 is 0 Å².